The Morgan fingerprint density at radius 2 is 1.65 bits per heavy atom. The fraction of sp³-hybridized carbons (Fsp3) is 0.800. The molecule has 0 amide bonds. The van der Waals surface area contributed by atoms with Crippen LogP contribution >= 0.6 is 0 Å². The predicted molar refractivity (Wildman–Crippen MR) is 59.1 cm³/mol. The predicted octanol–water partition coefficient (Wildman–Crippen LogP) is 2.48. The van der Waals surface area contributed by atoms with E-state index in [2.05, 4.69) is 13.0 Å². The van der Waals surface area contributed by atoms with E-state index in [0.717, 1.165) is 13.2 Å². The molecule has 0 N–H and O–H groups in total. The first kappa shape index (κ1) is 14.5. The van der Waals surface area contributed by atoms with E-state index in [4.69, 9.17) is 4.74 Å². The molecule has 0 saturated carbocycles. The molecular weight excluding hydrogens is 237 g/mol. The summed E-state index contributed by atoms with van der Waals surface area (Å²) in [5.74, 6) is 0. The molecular formula is C10H18BF4NO. The van der Waals surface area contributed by atoms with Gasteiger partial charge in [-0.2, -0.15) is 0 Å². The van der Waals surface area contributed by atoms with E-state index in [1.165, 1.54) is 37.1 Å². The molecule has 0 unspecified atom stereocenters. The van der Waals surface area contributed by atoms with Gasteiger partial charge in [-0.25, -0.2) is 0 Å². The van der Waals surface area contributed by atoms with Crippen LogP contribution in [0.3, 0.4) is 0 Å². The van der Waals surface area contributed by atoms with Crippen LogP contribution in [0.25, 0.3) is 0 Å². The summed E-state index contributed by atoms with van der Waals surface area (Å²) in [6.07, 6.45) is 3.66. The quantitative estimate of drug-likeness (QED) is 0.279. The lowest BCUT2D eigenvalue weighted by Crippen LogP contribution is -2.57. The molecule has 2 aliphatic heterocycles. The number of rotatable bonds is 0. The van der Waals surface area contributed by atoms with Crippen molar-refractivity contribution in [3.8, 4) is 0 Å². The molecule has 0 bridgehead atoms. The number of halogens is 4. The lowest BCUT2D eigenvalue weighted by molar-refractivity contribution is -0.932. The summed E-state index contributed by atoms with van der Waals surface area (Å²) >= 11 is 0. The van der Waals surface area contributed by atoms with Gasteiger partial charge >= 0.3 is 7.25 Å². The van der Waals surface area contributed by atoms with Gasteiger partial charge in [-0.15, -0.1) is 0 Å². The van der Waals surface area contributed by atoms with Crippen molar-refractivity contribution in [2.45, 2.75) is 13.3 Å². The summed E-state index contributed by atoms with van der Waals surface area (Å²) < 4.78 is 45.7. The van der Waals surface area contributed by atoms with Crippen LogP contribution in [0.5, 0.6) is 0 Å². The minimum atomic E-state index is -6.00. The van der Waals surface area contributed by atoms with Gasteiger partial charge in [0.15, 0.2) is 0 Å². The molecule has 0 aromatic rings. The number of quaternary nitrogens is 1. The molecule has 1 spiro atoms. The van der Waals surface area contributed by atoms with Gasteiger partial charge in [0.1, 0.15) is 19.6 Å². The average molecular weight is 255 g/mol. The van der Waals surface area contributed by atoms with E-state index in [9.17, 15) is 17.3 Å². The molecule has 0 aliphatic carbocycles. The van der Waals surface area contributed by atoms with Crippen molar-refractivity contribution >= 4 is 7.25 Å². The Labute approximate surface area is 98.9 Å². The Balaban J connectivity index is 0.000000249. The minimum absolute atomic E-state index is 0.966. The van der Waals surface area contributed by atoms with E-state index < -0.39 is 7.25 Å². The maximum absolute atomic E-state index is 9.75. The van der Waals surface area contributed by atoms with Crippen LogP contribution in [0.1, 0.15) is 13.3 Å². The fourth-order valence-electron chi connectivity index (χ4n) is 2.37. The SMILES string of the molecule is CC1=CCC[N+]2(CCOCC2)C1.F[B-](F)(F)F. The number of morpholine rings is 1. The van der Waals surface area contributed by atoms with Crippen molar-refractivity contribution in [1.82, 2.24) is 0 Å². The molecule has 2 aliphatic rings. The molecule has 7 heteroatoms. The highest BCUT2D eigenvalue weighted by atomic mass is 19.5. The number of hydrogen-bond donors (Lipinski definition) is 0. The van der Waals surface area contributed by atoms with Crippen molar-refractivity contribution < 1.29 is 26.5 Å². The van der Waals surface area contributed by atoms with Crippen LogP contribution in [0.15, 0.2) is 11.6 Å². The molecule has 0 atom stereocenters. The van der Waals surface area contributed by atoms with Gasteiger partial charge in [0.2, 0.25) is 0 Å². The second-order valence-corrected chi connectivity index (χ2v) is 4.62. The topological polar surface area (TPSA) is 9.23 Å². The number of hydrogen-bond acceptors (Lipinski definition) is 1. The van der Waals surface area contributed by atoms with Crippen LogP contribution in [0.2, 0.25) is 0 Å². The lowest BCUT2D eigenvalue weighted by Gasteiger charge is -2.43. The summed E-state index contributed by atoms with van der Waals surface area (Å²) in [5, 5.41) is 0. The standard InChI is InChI=1S/C10H18NO.BF4/c1-10-3-2-4-11(9-10)5-7-12-8-6-11;2-1(3,4)5/h3H,2,4-9H2,1H3;/q+1;-1. The van der Waals surface area contributed by atoms with E-state index in [1.54, 1.807) is 5.57 Å². The van der Waals surface area contributed by atoms with Crippen molar-refractivity contribution in [3.63, 3.8) is 0 Å². The molecule has 1 saturated heterocycles. The first-order valence-corrected chi connectivity index (χ1v) is 5.77. The van der Waals surface area contributed by atoms with Crippen LogP contribution in [0, 0.1) is 0 Å². The molecule has 0 aromatic carbocycles. The normalized spacial score (nSPS) is 23.7. The number of nitrogens with zero attached hydrogens (tertiary/aromatic N) is 1. The van der Waals surface area contributed by atoms with E-state index in [1.807, 2.05) is 0 Å². The lowest BCUT2D eigenvalue weighted by atomic mass is 10.1. The zero-order valence-electron chi connectivity index (χ0n) is 9.97. The van der Waals surface area contributed by atoms with Crippen molar-refractivity contribution in [1.29, 1.82) is 0 Å². The Hall–Kier alpha value is -0.555. The molecule has 2 nitrogen and oxygen atoms in total. The summed E-state index contributed by atoms with van der Waals surface area (Å²) in [6, 6.07) is 0. The van der Waals surface area contributed by atoms with Gasteiger partial charge in [-0.1, -0.05) is 6.08 Å². The molecule has 0 aromatic heterocycles. The maximum atomic E-state index is 9.75. The van der Waals surface area contributed by atoms with Gasteiger partial charge in [-0.3, -0.25) is 0 Å². The van der Waals surface area contributed by atoms with E-state index >= 15 is 0 Å². The molecule has 100 valence electrons. The number of ether oxygens (including phenoxy) is 1. The first-order chi connectivity index (χ1) is 7.81. The van der Waals surface area contributed by atoms with Crippen molar-refractivity contribution in [2.24, 2.45) is 0 Å². The highest BCUT2D eigenvalue weighted by Gasteiger charge is 2.31. The Morgan fingerprint density at radius 3 is 2.12 bits per heavy atom. The third-order valence-corrected chi connectivity index (χ3v) is 3.10. The summed E-state index contributed by atoms with van der Waals surface area (Å²) in [7, 11) is -6.00. The third-order valence-electron chi connectivity index (χ3n) is 3.10. The van der Waals surface area contributed by atoms with Crippen LogP contribution in [0.4, 0.5) is 17.3 Å². The van der Waals surface area contributed by atoms with Crippen molar-refractivity contribution in [3.05, 3.63) is 11.6 Å². The van der Waals surface area contributed by atoms with E-state index in [0.29, 0.717) is 0 Å². The highest BCUT2D eigenvalue weighted by Crippen LogP contribution is 2.20. The fourth-order valence-corrected chi connectivity index (χ4v) is 2.37. The monoisotopic (exact) mass is 255 g/mol. The largest absolute Gasteiger partial charge is 0.673 e. The molecule has 17 heavy (non-hydrogen) atoms. The van der Waals surface area contributed by atoms with Crippen LogP contribution < -0.4 is 0 Å². The smallest absolute Gasteiger partial charge is 0.418 e. The van der Waals surface area contributed by atoms with Crippen LogP contribution in [-0.2, 0) is 4.74 Å². The van der Waals surface area contributed by atoms with Crippen LogP contribution in [-0.4, -0.2) is 51.1 Å². The molecule has 2 heterocycles. The Morgan fingerprint density at radius 1 is 1.12 bits per heavy atom. The van der Waals surface area contributed by atoms with Gasteiger partial charge in [-0.05, 0) is 12.5 Å². The molecule has 0 radical (unpaired) electrons. The van der Waals surface area contributed by atoms with Gasteiger partial charge in [0, 0.05) is 6.42 Å². The third kappa shape index (κ3) is 6.07. The van der Waals surface area contributed by atoms with E-state index in [-0.39, 0.29) is 0 Å². The zero-order valence-corrected chi connectivity index (χ0v) is 9.97. The first-order valence-electron chi connectivity index (χ1n) is 5.77. The Bertz CT molecular complexity index is 268. The second-order valence-electron chi connectivity index (χ2n) is 4.62. The average Bonchev–Trinajstić information content (AvgIpc) is 2.15. The second kappa shape index (κ2) is 5.86. The summed E-state index contributed by atoms with van der Waals surface area (Å²) in [6.45, 7) is 9.25. The summed E-state index contributed by atoms with van der Waals surface area (Å²) in [4.78, 5) is 0. The molecule has 1 fully saturated rings. The Kier molecular flexibility index (Phi) is 5.00. The van der Waals surface area contributed by atoms with Gasteiger partial charge in [0.05, 0.1) is 19.8 Å². The minimum Gasteiger partial charge on any atom is -0.418 e. The summed E-state index contributed by atoms with van der Waals surface area (Å²) in [5.41, 5.74) is 1.57. The van der Waals surface area contributed by atoms with Gasteiger partial charge < -0.3 is 26.5 Å². The highest BCUT2D eigenvalue weighted by molar-refractivity contribution is 6.50. The maximum Gasteiger partial charge on any atom is 0.673 e. The molecule has 2 rings (SSSR count). The zero-order chi connectivity index (χ0) is 12.9. The van der Waals surface area contributed by atoms with Crippen molar-refractivity contribution in [2.75, 3.05) is 39.4 Å². The van der Waals surface area contributed by atoms with Gasteiger partial charge in [0.25, 0.3) is 0 Å².